The molecule has 0 amide bonds. The van der Waals surface area contributed by atoms with Crippen molar-refractivity contribution in [3.05, 3.63) is 47.5 Å². The maximum Gasteiger partial charge on any atom is 0.305 e. The van der Waals surface area contributed by atoms with Crippen LogP contribution in [-0.4, -0.2) is 69.6 Å². The van der Waals surface area contributed by atoms with Crippen LogP contribution in [0.25, 0.3) is 0 Å². The van der Waals surface area contributed by atoms with Crippen LogP contribution in [0.2, 0.25) is 17.6 Å². The number of hydrogen-bond acceptors (Lipinski definition) is 5. The largest absolute Gasteiger partial charge is 0.469 e. The summed E-state index contributed by atoms with van der Waals surface area (Å²) in [4.78, 5) is 24.3. The van der Waals surface area contributed by atoms with E-state index < -0.39 is 14.4 Å². The zero-order valence-electron chi connectivity index (χ0n) is 32.5. The van der Waals surface area contributed by atoms with Gasteiger partial charge in [0, 0.05) is 30.2 Å². The fraction of sp³-hybridized carbons (Fsp3) is 0.756. The lowest BCUT2D eigenvalue weighted by Crippen LogP contribution is -2.50. The molecule has 0 saturated heterocycles. The highest BCUT2D eigenvalue weighted by Gasteiger charge is 2.44. The van der Waals surface area contributed by atoms with Crippen LogP contribution in [0.15, 0.2) is 36.4 Å². The lowest BCUT2D eigenvalue weighted by molar-refractivity contribution is -0.884. The standard InChI is InChI=1S/C41H72NO5Si/c1-11-12-26-41(6,27-17-19-37-36(38(43)29-39(37)44)18-15-13-14-16-20-40(45)46-10)47-48(33(4)5,31-32(2)3)28-25-34-21-23-35(24-22-34)30-42(7,8)9/h17,19,21-24,32-33,36-37,39,44H,11-16,18,20,25-31H2,1-10H3/q+1/b19-17+/t36-,37-,39-,41?,48?/m1/s1. The molecule has 6 nitrogen and oxygen atoms in total. The average molecular weight is 687 g/mol. The second-order valence-corrected chi connectivity index (χ2v) is 21.2. The first-order valence-electron chi connectivity index (χ1n) is 19.1. The third-order valence-electron chi connectivity index (χ3n) is 10.3. The second-order valence-electron chi connectivity index (χ2n) is 16.8. The summed E-state index contributed by atoms with van der Waals surface area (Å²) in [6, 6.07) is 11.5. The van der Waals surface area contributed by atoms with Gasteiger partial charge in [0.15, 0.2) is 8.32 Å². The molecule has 1 fully saturated rings. The van der Waals surface area contributed by atoms with Gasteiger partial charge in [-0.05, 0) is 68.1 Å². The number of rotatable bonds is 23. The van der Waals surface area contributed by atoms with E-state index in [0.717, 1.165) is 87.3 Å². The summed E-state index contributed by atoms with van der Waals surface area (Å²) in [5, 5.41) is 10.9. The molecule has 0 aromatic heterocycles. The van der Waals surface area contributed by atoms with Crippen molar-refractivity contribution in [3.63, 3.8) is 0 Å². The average Bonchev–Trinajstić information content (AvgIpc) is 3.27. The minimum atomic E-state index is -2.18. The fourth-order valence-corrected chi connectivity index (χ4v) is 12.6. The molecule has 1 N–H and O–H groups in total. The van der Waals surface area contributed by atoms with Gasteiger partial charge in [-0.1, -0.05) is 103 Å². The summed E-state index contributed by atoms with van der Waals surface area (Å²) in [7, 11) is 5.94. The molecule has 274 valence electrons. The van der Waals surface area contributed by atoms with E-state index in [0.29, 0.717) is 17.9 Å². The highest BCUT2D eigenvalue weighted by Crippen LogP contribution is 2.41. The Hall–Kier alpha value is -1.80. The van der Waals surface area contributed by atoms with Crippen molar-refractivity contribution in [3.8, 4) is 0 Å². The van der Waals surface area contributed by atoms with Crippen LogP contribution in [0.5, 0.6) is 0 Å². The van der Waals surface area contributed by atoms with E-state index in [-0.39, 0.29) is 35.6 Å². The van der Waals surface area contributed by atoms with Crippen molar-refractivity contribution >= 4 is 20.1 Å². The molecule has 1 aromatic carbocycles. The van der Waals surface area contributed by atoms with Gasteiger partial charge >= 0.3 is 5.97 Å². The number of aliphatic hydroxyl groups is 1. The van der Waals surface area contributed by atoms with E-state index in [1.165, 1.54) is 18.2 Å². The smallest absolute Gasteiger partial charge is 0.305 e. The number of ether oxygens (including phenoxy) is 1. The van der Waals surface area contributed by atoms with Crippen LogP contribution in [-0.2, 0) is 31.7 Å². The fourth-order valence-electron chi connectivity index (χ4n) is 7.64. The van der Waals surface area contributed by atoms with Crippen molar-refractivity contribution in [1.82, 2.24) is 0 Å². The molecule has 0 spiro atoms. The molecule has 7 heteroatoms. The number of carbonyl (C=O) groups excluding carboxylic acids is 2. The number of ketones is 1. The van der Waals surface area contributed by atoms with Crippen LogP contribution >= 0.6 is 0 Å². The number of aryl methyl sites for hydroxylation is 1. The molecule has 1 aliphatic rings. The van der Waals surface area contributed by atoms with E-state index >= 15 is 0 Å². The van der Waals surface area contributed by atoms with E-state index in [1.54, 1.807) is 0 Å². The Labute approximate surface area is 295 Å². The van der Waals surface area contributed by atoms with Crippen molar-refractivity contribution in [2.24, 2.45) is 17.8 Å². The highest BCUT2D eigenvalue weighted by atomic mass is 28.4. The zero-order chi connectivity index (χ0) is 36.0. The zero-order valence-corrected chi connectivity index (χ0v) is 33.5. The molecule has 1 saturated carbocycles. The Morgan fingerprint density at radius 2 is 1.69 bits per heavy atom. The molecular weight excluding hydrogens is 615 g/mol. The maximum absolute atomic E-state index is 12.9. The van der Waals surface area contributed by atoms with Crippen LogP contribution < -0.4 is 0 Å². The third kappa shape index (κ3) is 14.6. The molecule has 0 bridgehead atoms. The third-order valence-corrected chi connectivity index (χ3v) is 16.0. The molecular formula is C41H72NO5Si+. The summed E-state index contributed by atoms with van der Waals surface area (Å²) in [6.07, 6.45) is 14.0. The molecule has 0 heterocycles. The Morgan fingerprint density at radius 1 is 1.04 bits per heavy atom. The lowest BCUT2D eigenvalue weighted by atomic mass is 9.87. The molecule has 0 aliphatic heterocycles. The minimum Gasteiger partial charge on any atom is -0.469 e. The molecule has 2 rings (SSSR count). The van der Waals surface area contributed by atoms with Gasteiger partial charge < -0.3 is 18.8 Å². The predicted molar refractivity (Wildman–Crippen MR) is 202 cm³/mol. The highest BCUT2D eigenvalue weighted by molar-refractivity contribution is 6.75. The van der Waals surface area contributed by atoms with E-state index in [2.05, 4.69) is 99.1 Å². The number of hydrogen-bond donors (Lipinski definition) is 1. The molecule has 1 aromatic rings. The first-order chi connectivity index (χ1) is 22.5. The van der Waals surface area contributed by atoms with Gasteiger partial charge in [-0.15, -0.1) is 0 Å². The van der Waals surface area contributed by atoms with Crippen molar-refractivity contribution in [1.29, 1.82) is 0 Å². The summed E-state index contributed by atoms with van der Waals surface area (Å²) < 4.78 is 13.3. The number of nitrogens with zero attached hydrogens (tertiary/aromatic N) is 1. The van der Waals surface area contributed by atoms with Gasteiger partial charge in [0.2, 0.25) is 0 Å². The summed E-state index contributed by atoms with van der Waals surface area (Å²) >= 11 is 0. The van der Waals surface area contributed by atoms with Gasteiger partial charge in [-0.3, -0.25) is 9.59 Å². The molecule has 5 atom stereocenters. The van der Waals surface area contributed by atoms with Gasteiger partial charge in [-0.2, -0.15) is 0 Å². The van der Waals surface area contributed by atoms with E-state index in [4.69, 9.17) is 9.16 Å². The van der Waals surface area contributed by atoms with Crippen LogP contribution in [0, 0.1) is 17.8 Å². The SMILES string of the molecule is CCCCC(C)(C/C=C/[C@H]1[C@H](O)CC(=O)[C@@H]1CCCCCCC(=O)OC)O[Si](CCc1ccc(C[N+](C)(C)C)cc1)(CC(C)C)C(C)C. The number of quaternary nitrogens is 1. The molecule has 48 heavy (non-hydrogen) atoms. The van der Waals surface area contributed by atoms with E-state index in [9.17, 15) is 14.7 Å². The van der Waals surface area contributed by atoms with Gasteiger partial charge in [0.05, 0.1) is 40.0 Å². The van der Waals surface area contributed by atoms with Gasteiger partial charge in [0.1, 0.15) is 12.3 Å². The van der Waals surface area contributed by atoms with Crippen molar-refractivity contribution < 1.29 is 28.3 Å². The lowest BCUT2D eigenvalue weighted by Gasteiger charge is -2.45. The monoisotopic (exact) mass is 687 g/mol. The van der Waals surface area contributed by atoms with Gasteiger partial charge in [0.25, 0.3) is 0 Å². The predicted octanol–water partition coefficient (Wildman–Crippen LogP) is 9.44. The number of benzene rings is 1. The van der Waals surface area contributed by atoms with Crippen LogP contribution in [0.4, 0.5) is 0 Å². The topological polar surface area (TPSA) is 72.8 Å². The summed E-state index contributed by atoms with van der Waals surface area (Å²) in [5.41, 5.74) is 2.99. The Bertz CT molecular complexity index is 1130. The molecule has 2 unspecified atom stereocenters. The first kappa shape index (κ1) is 42.4. The number of aliphatic hydroxyl groups excluding tert-OH is 1. The van der Waals surface area contributed by atoms with Crippen LogP contribution in [0.1, 0.15) is 123 Å². The van der Waals surface area contributed by atoms with E-state index in [1.807, 2.05) is 0 Å². The molecule has 0 radical (unpaired) electrons. The maximum atomic E-state index is 12.9. The van der Waals surface area contributed by atoms with Crippen LogP contribution in [0.3, 0.4) is 0 Å². The second kappa shape index (κ2) is 20.1. The number of unbranched alkanes of at least 4 members (excludes halogenated alkanes) is 4. The number of carbonyl (C=O) groups is 2. The molecule has 1 aliphatic carbocycles. The van der Waals surface area contributed by atoms with Crippen molar-refractivity contribution in [2.45, 2.75) is 154 Å². The minimum absolute atomic E-state index is 0.126. The number of methoxy groups -OCH3 is 1. The Morgan fingerprint density at radius 3 is 2.27 bits per heavy atom. The van der Waals surface area contributed by atoms with Gasteiger partial charge in [-0.25, -0.2) is 0 Å². The summed E-state index contributed by atoms with van der Waals surface area (Å²) in [5.74, 6) is 0.329. The number of esters is 1. The number of Topliss-reactive ketones (excluding diaryl/α,β-unsaturated/α-hetero) is 1. The Balaban J connectivity index is 2.18. The normalized spacial score (nSPS) is 21.3. The Kier molecular flexibility index (Phi) is 17.8. The summed E-state index contributed by atoms with van der Waals surface area (Å²) in [6.45, 7) is 15.0. The first-order valence-corrected chi connectivity index (χ1v) is 21.5. The quantitative estimate of drug-likeness (QED) is 0.0408. The van der Waals surface area contributed by atoms with Crippen molar-refractivity contribution in [2.75, 3.05) is 28.3 Å².